The van der Waals surface area contributed by atoms with Crippen LogP contribution in [0.2, 0.25) is 15.1 Å². The first-order chi connectivity index (χ1) is 7.96. The predicted octanol–water partition coefficient (Wildman–Crippen LogP) is 7.10. The lowest BCUT2D eigenvalue weighted by atomic mass is 10.1. The highest BCUT2D eigenvalue weighted by Gasteiger charge is 2.69. The number of benzene rings is 1. The minimum Gasteiger partial charge on any atom is -0.0941 e. The first-order valence-corrected chi connectivity index (χ1v) is 7.68. The van der Waals surface area contributed by atoms with Gasteiger partial charge < -0.3 is 0 Å². The van der Waals surface area contributed by atoms with E-state index in [2.05, 4.69) is 0 Å². The van der Waals surface area contributed by atoms with E-state index in [-0.39, 0.29) is 26.2 Å². The van der Waals surface area contributed by atoms with Crippen molar-refractivity contribution in [3.8, 4) is 0 Å². The Labute approximate surface area is 148 Å². The van der Waals surface area contributed by atoms with Gasteiger partial charge >= 0.3 is 0 Å². The molecule has 0 saturated carbocycles. The van der Waals surface area contributed by atoms with Crippen molar-refractivity contribution in [3.63, 3.8) is 0 Å². The minimum atomic E-state index is -1.92. The molecular weight excluding hydrogens is 427 g/mol. The van der Waals surface area contributed by atoms with Crippen LogP contribution in [0.1, 0.15) is 11.1 Å². The molecule has 0 aliphatic heterocycles. The number of halogens is 9. The Balaban J connectivity index is 2.92. The highest BCUT2D eigenvalue weighted by Crippen LogP contribution is 2.71. The minimum absolute atomic E-state index is 0.0121. The molecule has 0 spiro atoms. The summed E-state index contributed by atoms with van der Waals surface area (Å²) in [5, 5.41) is 0.220. The topological polar surface area (TPSA) is 0 Å². The molecule has 0 bridgehead atoms. The lowest BCUT2D eigenvalue weighted by Crippen LogP contribution is -2.38. The van der Waals surface area contributed by atoms with Gasteiger partial charge in [0.15, 0.2) is 13.0 Å². The molecule has 18 heavy (non-hydrogen) atoms. The Morgan fingerprint density at radius 1 is 0.722 bits per heavy atom. The maximum absolute atomic E-state index is 6.15. The largest absolute Gasteiger partial charge is 0.191 e. The zero-order chi connectivity index (χ0) is 14.1. The van der Waals surface area contributed by atoms with Crippen LogP contribution in [0.25, 0.3) is 0 Å². The molecule has 100 valence electrons. The summed E-state index contributed by atoms with van der Waals surface area (Å²) in [5.74, 6) is 0. The highest BCUT2D eigenvalue weighted by atomic mass is 35.5. The third-order valence-electron chi connectivity index (χ3n) is 2.60. The Hall–Kier alpha value is 1.83. The van der Waals surface area contributed by atoms with E-state index in [0.29, 0.717) is 0 Å². The smallest absolute Gasteiger partial charge is 0.0941 e. The Bertz CT molecular complexity index is 531. The van der Waals surface area contributed by atoms with Crippen LogP contribution < -0.4 is 0 Å². The molecule has 0 unspecified atom stereocenters. The molecule has 9 heteroatoms. The van der Waals surface area contributed by atoms with Crippen LogP contribution >= 0.6 is 104 Å². The normalized spacial score (nSPS) is 22.9. The van der Waals surface area contributed by atoms with Gasteiger partial charge in [-0.25, -0.2) is 0 Å². The molecule has 0 radical (unpaired) electrons. The molecule has 0 amide bonds. The van der Waals surface area contributed by atoms with E-state index in [1.54, 1.807) is 0 Å². The van der Waals surface area contributed by atoms with E-state index in [0.717, 1.165) is 0 Å². The number of alkyl halides is 6. The van der Waals surface area contributed by atoms with Gasteiger partial charge in [0.2, 0.25) is 0 Å². The molecule has 2 rings (SSSR count). The summed E-state index contributed by atoms with van der Waals surface area (Å²) in [6, 6.07) is 1.39. The number of rotatable bonds is 0. The number of hydrogen-bond acceptors (Lipinski definition) is 0. The monoisotopic (exact) mass is 424 g/mol. The van der Waals surface area contributed by atoms with Crippen LogP contribution in [0.3, 0.4) is 0 Å². The average molecular weight is 428 g/mol. The van der Waals surface area contributed by atoms with Gasteiger partial charge in [-0.05, 0) is 6.07 Å². The quantitative estimate of drug-likeness (QED) is 0.306. The second-order valence-corrected chi connectivity index (χ2v) is 8.78. The van der Waals surface area contributed by atoms with E-state index < -0.39 is 13.0 Å². The van der Waals surface area contributed by atoms with E-state index in [9.17, 15) is 0 Å². The van der Waals surface area contributed by atoms with Gasteiger partial charge in [-0.15, -0.1) is 0 Å². The van der Waals surface area contributed by atoms with E-state index >= 15 is 0 Å². The summed E-state index contributed by atoms with van der Waals surface area (Å²) in [6.45, 7) is 0. The second-order valence-electron chi connectivity index (χ2n) is 3.63. The zero-order valence-electron chi connectivity index (χ0n) is 7.98. The van der Waals surface area contributed by atoms with Gasteiger partial charge in [-0.2, -0.15) is 0 Å². The molecule has 1 aliphatic rings. The van der Waals surface area contributed by atoms with Crippen molar-refractivity contribution in [3.05, 3.63) is 32.3 Å². The third kappa shape index (κ3) is 1.88. The highest BCUT2D eigenvalue weighted by molar-refractivity contribution is 6.71. The van der Waals surface area contributed by atoms with Gasteiger partial charge in [0, 0.05) is 11.1 Å². The SMILES string of the molecule is Clc1cc2c(c(Cl)c1Cl)C(Cl)(Cl)C(Cl)(Cl)C2(Cl)Cl. The first-order valence-electron chi connectivity index (χ1n) is 4.28. The fourth-order valence-electron chi connectivity index (χ4n) is 1.67. The van der Waals surface area contributed by atoms with Crippen molar-refractivity contribution >= 4 is 104 Å². The van der Waals surface area contributed by atoms with Crippen LogP contribution in [0.4, 0.5) is 0 Å². The second kappa shape index (κ2) is 4.66. The van der Waals surface area contributed by atoms with Gasteiger partial charge in [0.25, 0.3) is 0 Å². The molecule has 0 saturated heterocycles. The molecule has 1 aromatic rings. The fraction of sp³-hybridized carbons (Fsp3) is 0.333. The third-order valence-corrected chi connectivity index (χ3v) is 7.69. The molecule has 1 aromatic carbocycles. The Morgan fingerprint density at radius 3 is 1.72 bits per heavy atom. The fourth-order valence-corrected chi connectivity index (χ4v) is 4.36. The lowest BCUT2D eigenvalue weighted by molar-refractivity contribution is 0.687. The molecule has 1 aliphatic carbocycles. The van der Waals surface area contributed by atoms with Crippen molar-refractivity contribution in [2.45, 2.75) is 13.0 Å². The first kappa shape index (κ1) is 16.2. The van der Waals surface area contributed by atoms with Crippen molar-refractivity contribution in [1.29, 1.82) is 0 Å². The van der Waals surface area contributed by atoms with Gasteiger partial charge in [-0.3, -0.25) is 0 Å². The van der Waals surface area contributed by atoms with E-state index in [4.69, 9.17) is 104 Å². The van der Waals surface area contributed by atoms with Crippen LogP contribution in [0.15, 0.2) is 6.07 Å². The van der Waals surface area contributed by atoms with Gasteiger partial charge in [0.1, 0.15) is 0 Å². The van der Waals surface area contributed by atoms with Crippen molar-refractivity contribution < 1.29 is 0 Å². The van der Waals surface area contributed by atoms with Gasteiger partial charge in [0.05, 0.1) is 15.1 Å². The average Bonchev–Trinajstić information content (AvgIpc) is 2.32. The van der Waals surface area contributed by atoms with Crippen LogP contribution in [-0.4, -0.2) is 4.33 Å². The van der Waals surface area contributed by atoms with Gasteiger partial charge in [-0.1, -0.05) is 104 Å². The molecular formula is C9HCl9. The summed E-state index contributed by atoms with van der Waals surface area (Å²) in [4.78, 5) is 0. The van der Waals surface area contributed by atoms with Crippen LogP contribution in [0, 0.1) is 0 Å². The Kier molecular flexibility index (Phi) is 4.20. The molecule has 0 nitrogen and oxygen atoms in total. The maximum atomic E-state index is 6.15. The van der Waals surface area contributed by atoms with E-state index in [1.165, 1.54) is 6.07 Å². The molecule has 0 heterocycles. The number of hydrogen-bond donors (Lipinski definition) is 0. The lowest BCUT2D eigenvalue weighted by Gasteiger charge is -2.32. The summed E-state index contributed by atoms with van der Waals surface area (Å²) in [7, 11) is 0. The van der Waals surface area contributed by atoms with Crippen molar-refractivity contribution in [2.75, 3.05) is 0 Å². The molecule has 0 fully saturated rings. The molecule has 0 atom stereocenters. The zero-order valence-corrected chi connectivity index (χ0v) is 14.8. The van der Waals surface area contributed by atoms with E-state index in [1.807, 2.05) is 0 Å². The molecule has 0 N–H and O–H groups in total. The molecule has 0 aromatic heterocycles. The predicted molar refractivity (Wildman–Crippen MR) is 82.7 cm³/mol. The maximum Gasteiger partial charge on any atom is 0.191 e. The summed E-state index contributed by atoms with van der Waals surface area (Å²) < 4.78 is -5.54. The van der Waals surface area contributed by atoms with Crippen molar-refractivity contribution in [1.82, 2.24) is 0 Å². The number of fused-ring (bicyclic) bond motifs is 1. The summed E-state index contributed by atoms with van der Waals surface area (Å²) in [6.07, 6.45) is 0. The van der Waals surface area contributed by atoms with Crippen LogP contribution in [-0.2, 0) is 8.67 Å². The summed E-state index contributed by atoms with van der Waals surface area (Å²) in [5.41, 5.74) is 0.372. The standard InChI is InChI=1S/C9HCl9/c10-3-1-2-4(6(12)5(3)11)8(15,16)9(17,18)7(2,13)14/h1H. The Morgan fingerprint density at radius 2 is 1.22 bits per heavy atom. The summed E-state index contributed by atoms with van der Waals surface area (Å²) >= 11 is 54.6. The van der Waals surface area contributed by atoms with Crippen molar-refractivity contribution in [2.24, 2.45) is 0 Å². The van der Waals surface area contributed by atoms with Crippen LogP contribution in [0.5, 0.6) is 0 Å².